The summed E-state index contributed by atoms with van der Waals surface area (Å²) in [6, 6.07) is 0. The molecule has 0 radical (unpaired) electrons. The van der Waals surface area contributed by atoms with E-state index in [1.165, 1.54) is 11.8 Å². The number of hydrogen-bond acceptors (Lipinski definition) is 4. The summed E-state index contributed by atoms with van der Waals surface area (Å²) in [4.78, 5) is 10.6. The lowest BCUT2D eigenvalue weighted by molar-refractivity contribution is 0.0351. The Morgan fingerprint density at radius 1 is 1.75 bits per heavy atom. The van der Waals surface area contributed by atoms with Crippen LogP contribution in [-0.2, 0) is 9.47 Å². The van der Waals surface area contributed by atoms with Crippen molar-refractivity contribution < 1.29 is 14.3 Å². The molecule has 1 aliphatic heterocycles. The molecule has 1 rings (SSSR count). The normalized spacial score (nSPS) is 23.2. The van der Waals surface area contributed by atoms with Gasteiger partial charge < -0.3 is 9.47 Å². The number of ether oxygens (including phenoxy) is 2. The van der Waals surface area contributed by atoms with Crippen molar-refractivity contribution in [2.75, 3.05) is 19.0 Å². The molecule has 1 atom stereocenters. The van der Waals surface area contributed by atoms with E-state index in [9.17, 15) is 4.79 Å². The lowest BCUT2D eigenvalue weighted by atomic mass is 10.2. The van der Waals surface area contributed by atoms with Gasteiger partial charge in [0.2, 0.25) is 0 Å². The molecular formula is C8H14O3S. The van der Waals surface area contributed by atoms with E-state index in [0.29, 0.717) is 12.5 Å². The van der Waals surface area contributed by atoms with E-state index in [2.05, 4.69) is 13.8 Å². The molecule has 0 amide bonds. The third-order valence-electron chi connectivity index (χ3n) is 1.40. The molecule has 0 bridgehead atoms. The maximum absolute atomic E-state index is 10.6. The minimum Gasteiger partial charge on any atom is -0.451 e. The van der Waals surface area contributed by atoms with Gasteiger partial charge in [-0.05, 0) is 17.7 Å². The molecule has 0 saturated carbocycles. The quantitative estimate of drug-likeness (QED) is 0.634. The van der Waals surface area contributed by atoms with Crippen LogP contribution in [-0.4, -0.2) is 30.4 Å². The topological polar surface area (TPSA) is 35.5 Å². The smallest absolute Gasteiger partial charge is 0.367 e. The molecule has 1 fully saturated rings. The predicted octanol–water partition coefficient (Wildman–Crippen LogP) is 1.91. The Morgan fingerprint density at radius 3 is 3.00 bits per heavy atom. The number of carbonyl (C=O) groups excluding carboxylic acids is 1. The fourth-order valence-corrected chi connectivity index (χ4v) is 1.57. The van der Waals surface area contributed by atoms with E-state index in [1.807, 2.05) is 0 Å². The largest absolute Gasteiger partial charge is 0.451 e. The third-order valence-corrected chi connectivity index (χ3v) is 2.28. The Bertz CT molecular complexity index is 158. The number of cyclic esters (lactones) is 1. The first-order valence-electron chi connectivity index (χ1n) is 4.09. The van der Waals surface area contributed by atoms with Crippen LogP contribution in [0.4, 0.5) is 4.79 Å². The molecule has 0 aromatic heterocycles. The molecule has 3 nitrogen and oxygen atoms in total. The van der Waals surface area contributed by atoms with Gasteiger partial charge in [-0.2, -0.15) is 0 Å². The van der Waals surface area contributed by atoms with Gasteiger partial charge in [0.25, 0.3) is 0 Å². The second-order valence-electron chi connectivity index (χ2n) is 3.23. The highest BCUT2D eigenvalue weighted by Gasteiger charge is 2.23. The summed E-state index contributed by atoms with van der Waals surface area (Å²) < 4.78 is 10.3. The van der Waals surface area contributed by atoms with E-state index < -0.39 is 0 Å². The van der Waals surface area contributed by atoms with Gasteiger partial charge in [0.15, 0.2) is 0 Å². The second-order valence-corrected chi connectivity index (χ2v) is 4.19. The molecule has 1 unspecified atom stereocenters. The summed E-state index contributed by atoms with van der Waals surface area (Å²) in [6.45, 7) is 5.46. The summed E-state index contributed by atoms with van der Waals surface area (Å²) in [5, 5.41) is -0.173. The van der Waals surface area contributed by atoms with Crippen molar-refractivity contribution in [3.63, 3.8) is 0 Å². The highest BCUT2D eigenvalue weighted by atomic mass is 32.2. The molecule has 1 heterocycles. The molecule has 70 valence electrons. The molecule has 0 spiro atoms. The lowest BCUT2D eigenvalue weighted by Gasteiger charge is -2.10. The molecule has 12 heavy (non-hydrogen) atoms. The van der Waals surface area contributed by atoms with Crippen molar-refractivity contribution in [2.45, 2.75) is 20.0 Å². The van der Waals surface area contributed by atoms with Gasteiger partial charge in [0.1, 0.15) is 6.10 Å². The zero-order chi connectivity index (χ0) is 8.97. The highest BCUT2D eigenvalue weighted by Crippen LogP contribution is 2.19. The van der Waals surface area contributed by atoms with Gasteiger partial charge in [-0.1, -0.05) is 13.8 Å². The molecule has 0 aromatic rings. The minimum atomic E-state index is -0.173. The average Bonchev–Trinajstić information content (AvgIpc) is 2.35. The first-order chi connectivity index (χ1) is 5.68. The first kappa shape index (κ1) is 9.86. The molecule has 0 aliphatic carbocycles. The Hall–Kier alpha value is -0.220. The highest BCUT2D eigenvalue weighted by molar-refractivity contribution is 8.13. The maximum atomic E-state index is 10.6. The van der Waals surface area contributed by atoms with Gasteiger partial charge >= 0.3 is 5.30 Å². The van der Waals surface area contributed by atoms with Crippen LogP contribution in [0, 0.1) is 5.92 Å². The summed E-state index contributed by atoms with van der Waals surface area (Å²) >= 11 is 1.22. The monoisotopic (exact) mass is 190 g/mol. The minimum absolute atomic E-state index is 0.0266. The number of rotatable bonds is 4. The summed E-state index contributed by atoms with van der Waals surface area (Å²) in [7, 11) is 0. The predicted molar refractivity (Wildman–Crippen MR) is 48.4 cm³/mol. The Kier molecular flexibility index (Phi) is 3.88. The number of thioether (sulfide) groups is 1. The third kappa shape index (κ3) is 3.45. The van der Waals surface area contributed by atoms with Crippen LogP contribution in [0.2, 0.25) is 0 Å². The van der Waals surface area contributed by atoms with Gasteiger partial charge in [-0.15, -0.1) is 0 Å². The van der Waals surface area contributed by atoms with Crippen molar-refractivity contribution in [1.29, 1.82) is 0 Å². The van der Waals surface area contributed by atoms with E-state index in [1.54, 1.807) is 0 Å². The SMILES string of the molecule is CC(C)COCC1CSC(=O)O1. The molecular weight excluding hydrogens is 176 g/mol. The summed E-state index contributed by atoms with van der Waals surface area (Å²) in [5.74, 6) is 1.27. The average molecular weight is 190 g/mol. The van der Waals surface area contributed by atoms with Gasteiger partial charge in [0.05, 0.1) is 6.61 Å². The van der Waals surface area contributed by atoms with Crippen molar-refractivity contribution in [2.24, 2.45) is 5.92 Å². The molecule has 0 N–H and O–H groups in total. The maximum Gasteiger partial charge on any atom is 0.367 e. The van der Waals surface area contributed by atoms with Crippen molar-refractivity contribution in [3.05, 3.63) is 0 Å². The second kappa shape index (κ2) is 4.72. The van der Waals surface area contributed by atoms with Crippen LogP contribution in [0.3, 0.4) is 0 Å². The Morgan fingerprint density at radius 2 is 2.50 bits per heavy atom. The molecule has 4 heteroatoms. The lowest BCUT2D eigenvalue weighted by Crippen LogP contribution is -2.19. The number of carbonyl (C=O) groups is 1. The van der Waals surface area contributed by atoms with Gasteiger partial charge in [-0.3, -0.25) is 0 Å². The van der Waals surface area contributed by atoms with Crippen LogP contribution in [0.5, 0.6) is 0 Å². The molecule has 1 saturated heterocycles. The van der Waals surface area contributed by atoms with E-state index in [-0.39, 0.29) is 11.4 Å². The zero-order valence-corrected chi connectivity index (χ0v) is 8.23. The fourth-order valence-electron chi connectivity index (χ4n) is 0.882. The molecule has 0 aromatic carbocycles. The standard InChI is InChI=1S/C8H14O3S/c1-6(2)3-10-4-7-5-12-8(9)11-7/h6-7H,3-5H2,1-2H3. The zero-order valence-electron chi connectivity index (χ0n) is 7.41. The number of hydrogen-bond donors (Lipinski definition) is 0. The van der Waals surface area contributed by atoms with Crippen LogP contribution in [0.25, 0.3) is 0 Å². The van der Waals surface area contributed by atoms with Crippen LogP contribution < -0.4 is 0 Å². The fraction of sp³-hybridized carbons (Fsp3) is 0.875. The van der Waals surface area contributed by atoms with Crippen molar-refractivity contribution in [3.8, 4) is 0 Å². The van der Waals surface area contributed by atoms with Crippen molar-refractivity contribution >= 4 is 17.1 Å². The van der Waals surface area contributed by atoms with E-state index in [0.717, 1.165) is 12.4 Å². The van der Waals surface area contributed by atoms with Crippen LogP contribution in [0.1, 0.15) is 13.8 Å². The Balaban J connectivity index is 2.04. The van der Waals surface area contributed by atoms with E-state index in [4.69, 9.17) is 9.47 Å². The summed E-state index contributed by atoms with van der Waals surface area (Å²) in [5.41, 5.74) is 0. The first-order valence-corrected chi connectivity index (χ1v) is 5.08. The van der Waals surface area contributed by atoms with Crippen molar-refractivity contribution in [1.82, 2.24) is 0 Å². The van der Waals surface area contributed by atoms with Crippen LogP contribution >= 0.6 is 11.8 Å². The van der Waals surface area contributed by atoms with E-state index >= 15 is 0 Å². The molecule has 1 aliphatic rings. The van der Waals surface area contributed by atoms with Gasteiger partial charge in [-0.25, -0.2) is 4.79 Å². The van der Waals surface area contributed by atoms with Gasteiger partial charge in [0, 0.05) is 12.4 Å². The van der Waals surface area contributed by atoms with Crippen LogP contribution in [0.15, 0.2) is 0 Å². The summed E-state index contributed by atoms with van der Waals surface area (Å²) in [6.07, 6.45) is -0.0266. The Labute approximate surface area is 76.8 Å².